The van der Waals surface area contributed by atoms with Crippen molar-refractivity contribution in [1.82, 2.24) is 0 Å². The standard InChI is InChI=1S/C24H24N2O4/c27-22(19-8-2-3-9-20(19)24(29)30)25-18-13-11-17(12-14-18)23(28)26-15-5-7-16-6-1-4-10-21(16)26/h1-4,6,10-14,19-20H,5,7-9,15H2,(H,25,27)(H,29,30)/p-1/t19-,20+/m0/s1. The predicted octanol–water partition coefficient (Wildman–Crippen LogP) is 2.55. The van der Waals surface area contributed by atoms with E-state index in [9.17, 15) is 19.5 Å². The van der Waals surface area contributed by atoms with E-state index in [0.29, 0.717) is 30.6 Å². The van der Waals surface area contributed by atoms with Crippen LogP contribution < -0.4 is 15.3 Å². The Morgan fingerprint density at radius 3 is 2.37 bits per heavy atom. The van der Waals surface area contributed by atoms with Gasteiger partial charge in [-0.15, -0.1) is 0 Å². The van der Waals surface area contributed by atoms with Crippen LogP contribution in [0.2, 0.25) is 0 Å². The van der Waals surface area contributed by atoms with E-state index < -0.39 is 17.8 Å². The van der Waals surface area contributed by atoms with Crippen molar-refractivity contribution >= 4 is 29.2 Å². The Morgan fingerprint density at radius 2 is 1.63 bits per heavy atom. The summed E-state index contributed by atoms with van der Waals surface area (Å²) in [6.07, 6.45) is 6.15. The SMILES string of the molecule is O=C(Nc1ccc(C(=O)N2CCCc3ccccc32)cc1)[C@H]1CC=CC[C@H]1C(=O)[O-]. The highest BCUT2D eigenvalue weighted by molar-refractivity contribution is 6.07. The number of hydrogen-bond acceptors (Lipinski definition) is 4. The summed E-state index contributed by atoms with van der Waals surface area (Å²) in [7, 11) is 0. The minimum absolute atomic E-state index is 0.0746. The summed E-state index contributed by atoms with van der Waals surface area (Å²) in [5.41, 5.74) is 3.19. The molecule has 1 aliphatic carbocycles. The van der Waals surface area contributed by atoms with E-state index in [2.05, 4.69) is 5.32 Å². The number of fused-ring (bicyclic) bond motifs is 1. The first-order valence-electron chi connectivity index (χ1n) is 10.2. The van der Waals surface area contributed by atoms with Gasteiger partial charge >= 0.3 is 0 Å². The fraction of sp³-hybridized carbons (Fsp3) is 0.292. The van der Waals surface area contributed by atoms with Crippen molar-refractivity contribution in [3.8, 4) is 0 Å². The van der Waals surface area contributed by atoms with Crippen molar-refractivity contribution in [3.63, 3.8) is 0 Å². The lowest BCUT2D eigenvalue weighted by Crippen LogP contribution is -2.41. The minimum atomic E-state index is -1.21. The molecule has 2 amide bonds. The van der Waals surface area contributed by atoms with Gasteiger partial charge in [0.05, 0.1) is 5.92 Å². The van der Waals surface area contributed by atoms with Crippen molar-refractivity contribution in [3.05, 3.63) is 71.8 Å². The molecule has 154 valence electrons. The number of hydrogen-bond donors (Lipinski definition) is 1. The molecule has 2 atom stereocenters. The van der Waals surface area contributed by atoms with E-state index in [1.54, 1.807) is 35.2 Å². The average Bonchev–Trinajstić information content (AvgIpc) is 2.78. The van der Waals surface area contributed by atoms with E-state index >= 15 is 0 Å². The number of carboxylic acid groups (broad SMARTS) is 1. The third-order valence-corrected chi connectivity index (χ3v) is 5.83. The van der Waals surface area contributed by atoms with E-state index in [1.165, 1.54) is 5.56 Å². The van der Waals surface area contributed by atoms with Gasteiger partial charge in [-0.05, 0) is 61.6 Å². The first-order valence-corrected chi connectivity index (χ1v) is 10.2. The molecule has 2 aliphatic rings. The molecule has 6 heteroatoms. The van der Waals surface area contributed by atoms with E-state index in [4.69, 9.17) is 0 Å². The van der Waals surface area contributed by atoms with Crippen LogP contribution in [0.3, 0.4) is 0 Å². The predicted molar refractivity (Wildman–Crippen MR) is 112 cm³/mol. The number of para-hydroxylation sites is 1. The van der Waals surface area contributed by atoms with Crippen molar-refractivity contribution in [2.75, 3.05) is 16.8 Å². The molecule has 6 nitrogen and oxygen atoms in total. The fourth-order valence-electron chi connectivity index (χ4n) is 4.20. The summed E-state index contributed by atoms with van der Waals surface area (Å²) in [5, 5.41) is 14.1. The lowest BCUT2D eigenvalue weighted by Gasteiger charge is -2.29. The van der Waals surface area contributed by atoms with Crippen LogP contribution in [0.5, 0.6) is 0 Å². The normalized spacial score (nSPS) is 20.3. The zero-order chi connectivity index (χ0) is 21.1. The second-order valence-electron chi connectivity index (χ2n) is 7.73. The summed E-state index contributed by atoms with van der Waals surface area (Å²) in [5.74, 6) is -3.12. The summed E-state index contributed by atoms with van der Waals surface area (Å²) in [6.45, 7) is 0.675. The fourth-order valence-corrected chi connectivity index (χ4v) is 4.20. The summed E-state index contributed by atoms with van der Waals surface area (Å²) in [4.78, 5) is 38.7. The van der Waals surface area contributed by atoms with Crippen LogP contribution in [-0.2, 0) is 16.0 Å². The third-order valence-electron chi connectivity index (χ3n) is 5.83. The number of benzene rings is 2. The summed E-state index contributed by atoms with van der Waals surface area (Å²) >= 11 is 0. The molecule has 4 rings (SSSR count). The molecular formula is C24H23N2O4-. The third kappa shape index (κ3) is 3.99. The van der Waals surface area contributed by atoms with Gasteiger partial charge in [0.15, 0.2) is 0 Å². The van der Waals surface area contributed by atoms with Crippen LogP contribution in [0.1, 0.15) is 35.2 Å². The Hall–Kier alpha value is -3.41. The number of carbonyl (C=O) groups excluding carboxylic acids is 3. The van der Waals surface area contributed by atoms with E-state index in [-0.39, 0.29) is 11.8 Å². The number of rotatable bonds is 4. The van der Waals surface area contributed by atoms with Gasteiger partial charge in [-0.3, -0.25) is 9.59 Å². The monoisotopic (exact) mass is 403 g/mol. The number of nitrogens with zero attached hydrogens (tertiary/aromatic N) is 1. The molecular weight excluding hydrogens is 380 g/mol. The number of amides is 2. The van der Waals surface area contributed by atoms with Crippen molar-refractivity contribution in [2.24, 2.45) is 11.8 Å². The molecule has 0 radical (unpaired) electrons. The number of allylic oxidation sites excluding steroid dienone is 2. The van der Waals surface area contributed by atoms with Gasteiger partial charge in [-0.25, -0.2) is 0 Å². The van der Waals surface area contributed by atoms with Gasteiger partial charge in [0, 0.05) is 35.4 Å². The van der Waals surface area contributed by atoms with Gasteiger partial charge in [0.25, 0.3) is 5.91 Å². The van der Waals surface area contributed by atoms with Crippen LogP contribution in [0.15, 0.2) is 60.7 Å². The highest BCUT2D eigenvalue weighted by Crippen LogP contribution is 2.29. The highest BCUT2D eigenvalue weighted by atomic mass is 16.4. The van der Waals surface area contributed by atoms with Crippen LogP contribution >= 0.6 is 0 Å². The minimum Gasteiger partial charge on any atom is -0.550 e. The number of anilines is 2. The second-order valence-corrected chi connectivity index (χ2v) is 7.73. The molecule has 1 heterocycles. The van der Waals surface area contributed by atoms with Crippen LogP contribution in [0.4, 0.5) is 11.4 Å². The first-order chi connectivity index (χ1) is 14.5. The lowest BCUT2D eigenvalue weighted by atomic mass is 9.82. The Bertz CT molecular complexity index is 997. The Labute approximate surface area is 175 Å². The van der Waals surface area contributed by atoms with Gasteiger partial charge in [0.1, 0.15) is 0 Å². The molecule has 0 aromatic heterocycles. The number of nitrogens with one attached hydrogen (secondary N) is 1. The quantitative estimate of drug-likeness (QED) is 0.795. The Morgan fingerprint density at radius 1 is 0.933 bits per heavy atom. The summed E-state index contributed by atoms with van der Waals surface area (Å²) < 4.78 is 0. The number of carboxylic acids is 1. The smallest absolute Gasteiger partial charge is 0.258 e. The zero-order valence-electron chi connectivity index (χ0n) is 16.5. The topological polar surface area (TPSA) is 89.5 Å². The molecule has 0 saturated carbocycles. The van der Waals surface area contributed by atoms with Gasteiger partial charge in [-0.2, -0.15) is 0 Å². The first kappa shape index (κ1) is 19.9. The molecule has 0 spiro atoms. The van der Waals surface area contributed by atoms with Crippen molar-refractivity contribution < 1.29 is 19.5 Å². The zero-order valence-corrected chi connectivity index (χ0v) is 16.5. The Kier molecular flexibility index (Phi) is 5.65. The summed E-state index contributed by atoms with van der Waals surface area (Å²) in [6, 6.07) is 14.7. The maximum Gasteiger partial charge on any atom is 0.258 e. The van der Waals surface area contributed by atoms with Crippen LogP contribution in [0.25, 0.3) is 0 Å². The van der Waals surface area contributed by atoms with Crippen molar-refractivity contribution in [2.45, 2.75) is 25.7 Å². The number of aryl methyl sites for hydroxylation is 1. The molecule has 2 aromatic carbocycles. The van der Waals surface area contributed by atoms with Gasteiger partial charge < -0.3 is 20.1 Å². The number of aliphatic carboxylic acids is 1. The van der Waals surface area contributed by atoms with E-state index in [1.807, 2.05) is 30.3 Å². The molecule has 1 aliphatic heterocycles. The second kappa shape index (κ2) is 8.53. The van der Waals surface area contributed by atoms with Gasteiger partial charge in [0.2, 0.25) is 5.91 Å². The maximum atomic E-state index is 13.0. The lowest BCUT2D eigenvalue weighted by molar-refractivity contribution is -0.313. The molecule has 30 heavy (non-hydrogen) atoms. The van der Waals surface area contributed by atoms with Crippen molar-refractivity contribution in [1.29, 1.82) is 0 Å². The van der Waals surface area contributed by atoms with Gasteiger partial charge in [-0.1, -0.05) is 30.4 Å². The molecule has 1 N–H and O–H groups in total. The average molecular weight is 403 g/mol. The largest absolute Gasteiger partial charge is 0.550 e. The molecule has 0 saturated heterocycles. The maximum absolute atomic E-state index is 13.0. The van der Waals surface area contributed by atoms with Crippen LogP contribution in [-0.4, -0.2) is 24.3 Å². The van der Waals surface area contributed by atoms with E-state index in [0.717, 1.165) is 18.5 Å². The van der Waals surface area contributed by atoms with Crippen LogP contribution in [0, 0.1) is 11.8 Å². The molecule has 0 fully saturated rings. The molecule has 0 bridgehead atoms. The molecule has 2 aromatic rings. The highest BCUT2D eigenvalue weighted by Gasteiger charge is 2.30. The Balaban J connectivity index is 1.46. The number of carbonyl (C=O) groups is 3. The molecule has 0 unspecified atom stereocenters.